The Bertz CT molecular complexity index is 538. The number of ether oxygens (including phenoxy) is 1. The summed E-state index contributed by atoms with van der Waals surface area (Å²) in [6.07, 6.45) is 0. The second-order valence-corrected chi connectivity index (χ2v) is 4.07. The highest BCUT2D eigenvalue weighted by Crippen LogP contribution is 2.28. The zero-order valence-corrected chi connectivity index (χ0v) is 10.8. The van der Waals surface area contributed by atoms with Crippen LogP contribution in [0.15, 0.2) is 36.4 Å². The third kappa shape index (κ3) is 2.51. The van der Waals surface area contributed by atoms with Crippen molar-refractivity contribution in [3.8, 4) is 17.0 Å². The van der Waals surface area contributed by atoms with Gasteiger partial charge in [-0.25, -0.2) is 0 Å². The quantitative estimate of drug-likeness (QED) is 0.896. The first-order valence-corrected chi connectivity index (χ1v) is 6.15. The van der Waals surface area contributed by atoms with Crippen LogP contribution < -0.4 is 10.5 Å². The SMILES string of the molecule is CCOc1ccccc1-c1ccc(CN)c(C)n1. The van der Waals surface area contributed by atoms with Gasteiger partial charge >= 0.3 is 0 Å². The maximum absolute atomic E-state index is 5.65. The van der Waals surface area contributed by atoms with E-state index in [1.54, 1.807) is 0 Å². The fraction of sp³-hybridized carbons (Fsp3) is 0.267. The molecule has 3 heteroatoms. The number of rotatable bonds is 4. The average molecular weight is 242 g/mol. The van der Waals surface area contributed by atoms with Crippen molar-refractivity contribution in [2.24, 2.45) is 5.73 Å². The van der Waals surface area contributed by atoms with Crippen LogP contribution in [-0.4, -0.2) is 11.6 Å². The number of benzene rings is 1. The smallest absolute Gasteiger partial charge is 0.128 e. The van der Waals surface area contributed by atoms with Crippen LogP contribution >= 0.6 is 0 Å². The third-order valence-corrected chi connectivity index (χ3v) is 2.88. The Morgan fingerprint density at radius 3 is 2.61 bits per heavy atom. The van der Waals surface area contributed by atoms with E-state index in [2.05, 4.69) is 4.98 Å². The van der Waals surface area contributed by atoms with E-state index in [0.29, 0.717) is 13.2 Å². The highest BCUT2D eigenvalue weighted by atomic mass is 16.5. The molecule has 18 heavy (non-hydrogen) atoms. The molecule has 2 aromatic rings. The lowest BCUT2D eigenvalue weighted by Crippen LogP contribution is -2.02. The Hall–Kier alpha value is -1.87. The van der Waals surface area contributed by atoms with Crippen LogP contribution in [0.3, 0.4) is 0 Å². The fourth-order valence-corrected chi connectivity index (χ4v) is 1.92. The lowest BCUT2D eigenvalue weighted by atomic mass is 10.1. The number of aromatic nitrogens is 1. The molecule has 0 spiro atoms. The standard InChI is InChI=1S/C15H18N2O/c1-3-18-15-7-5-4-6-13(15)14-9-8-12(10-16)11(2)17-14/h4-9H,3,10,16H2,1-2H3. The molecule has 1 heterocycles. The summed E-state index contributed by atoms with van der Waals surface area (Å²) in [6, 6.07) is 12.0. The van der Waals surface area contributed by atoms with E-state index in [-0.39, 0.29) is 0 Å². The Morgan fingerprint density at radius 2 is 1.94 bits per heavy atom. The van der Waals surface area contributed by atoms with Crippen molar-refractivity contribution in [2.75, 3.05) is 6.61 Å². The molecule has 0 atom stereocenters. The van der Waals surface area contributed by atoms with Crippen molar-refractivity contribution in [3.63, 3.8) is 0 Å². The monoisotopic (exact) mass is 242 g/mol. The summed E-state index contributed by atoms with van der Waals surface area (Å²) in [7, 11) is 0. The highest BCUT2D eigenvalue weighted by molar-refractivity contribution is 5.67. The van der Waals surface area contributed by atoms with Crippen molar-refractivity contribution in [2.45, 2.75) is 20.4 Å². The van der Waals surface area contributed by atoms with Crippen molar-refractivity contribution >= 4 is 0 Å². The maximum Gasteiger partial charge on any atom is 0.128 e. The molecule has 0 fully saturated rings. The lowest BCUT2D eigenvalue weighted by Gasteiger charge is -2.11. The second-order valence-electron chi connectivity index (χ2n) is 4.07. The average Bonchev–Trinajstić information content (AvgIpc) is 2.40. The summed E-state index contributed by atoms with van der Waals surface area (Å²) in [4.78, 5) is 4.60. The lowest BCUT2D eigenvalue weighted by molar-refractivity contribution is 0.341. The molecule has 0 saturated heterocycles. The predicted octanol–water partition coefficient (Wildman–Crippen LogP) is 2.91. The minimum absolute atomic E-state index is 0.520. The fourth-order valence-electron chi connectivity index (χ4n) is 1.92. The van der Waals surface area contributed by atoms with Gasteiger partial charge in [0, 0.05) is 17.8 Å². The molecule has 94 valence electrons. The summed E-state index contributed by atoms with van der Waals surface area (Å²) < 4.78 is 5.62. The van der Waals surface area contributed by atoms with Gasteiger partial charge in [-0.15, -0.1) is 0 Å². The Balaban J connectivity index is 2.45. The van der Waals surface area contributed by atoms with Crippen LogP contribution in [0.5, 0.6) is 5.75 Å². The van der Waals surface area contributed by atoms with Crippen LogP contribution in [0.4, 0.5) is 0 Å². The molecular formula is C15H18N2O. The van der Waals surface area contributed by atoms with E-state index in [9.17, 15) is 0 Å². The number of nitrogens with two attached hydrogens (primary N) is 1. The number of pyridine rings is 1. The maximum atomic E-state index is 5.65. The van der Waals surface area contributed by atoms with Crippen molar-refractivity contribution < 1.29 is 4.74 Å². The number of aryl methyl sites for hydroxylation is 1. The summed E-state index contributed by atoms with van der Waals surface area (Å²) in [5, 5.41) is 0. The van der Waals surface area contributed by atoms with E-state index < -0.39 is 0 Å². The van der Waals surface area contributed by atoms with Crippen LogP contribution in [0, 0.1) is 6.92 Å². The van der Waals surface area contributed by atoms with Crippen LogP contribution in [0.2, 0.25) is 0 Å². The van der Waals surface area contributed by atoms with Crippen LogP contribution in [0.25, 0.3) is 11.3 Å². The molecule has 0 saturated carbocycles. The van der Waals surface area contributed by atoms with E-state index in [4.69, 9.17) is 10.5 Å². The minimum atomic E-state index is 0.520. The Kier molecular flexibility index (Phi) is 3.95. The zero-order chi connectivity index (χ0) is 13.0. The van der Waals surface area contributed by atoms with Gasteiger partial charge in [0.25, 0.3) is 0 Å². The van der Waals surface area contributed by atoms with Gasteiger partial charge < -0.3 is 10.5 Å². The number of hydrogen-bond donors (Lipinski definition) is 1. The largest absolute Gasteiger partial charge is 0.493 e. The first kappa shape index (κ1) is 12.6. The van der Waals surface area contributed by atoms with E-state index in [1.807, 2.05) is 50.2 Å². The van der Waals surface area contributed by atoms with Crippen molar-refractivity contribution in [3.05, 3.63) is 47.7 Å². The van der Waals surface area contributed by atoms with Gasteiger partial charge in [0.15, 0.2) is 0 Å². The van der Waals surface area contributed by atoms with Crippen LogP contribution in [-0.2, 0) is 6.54 Å². The first-order chi connectivity index (χ1) is 8.76. The second kappa shape index (κ2) is 5.65. The van der Waals surface area contributed by atoms with Gasteiger partial charge in [-0.3, -0.25) is 4.98 Å². The molecule has 2 N–H and O–H groups in total. The van der Waals surface area contributed by atoms with Gasteiger partial charge in [0.2, 0.25) is 0 Å². The molecular weight excluding hydrogens is 224 g/mol. The summed E-state index contributed by atoms with van der Waals surface area (Å²) in [5.41, 5.74) is 9.65. The number of hydrogen-bond acceptors (Lipinski definition) is 3. The molecule has 3 nitrogen and oxygen atoms in total. The van der Waals surface area contributed by atoms with E-state index >= 15 is 0 Å². The highest BCUT2D eigenvalue weighted by Gasteiger charge is 2.08. The van der Waals surface area contributed by atoms with Gasteiger partial charge in [0.1, 0.15) is 5.75 Å². The van der Waals surface area contributed by atoms with E-state index in [0.717, 1.165) is 28.3 Å². The molecule has 0 bridgehead atoms. The summed E-state index contributed by atoms with van der Waals surface area (Å²) >= 11 is 0. The molecule has 1 aromatic heterocycles. The molecule has 2 rings (SSSR count). The van der Waals surface area contributed by atoms with Crippen molar-refractivity contribution in [1.29, 1.82) is 0 Å². The molecule has 0 amide bonds. The molecule has 0 aliphatic heterocycles. The molecule has 0 aliphatic rings. The van der Waals surface area contributed by atoms with Gasteiger partial charge in [0.05, 0.1) is 12.3 Å². The predicted molar refractivity (Wildman–Crippen MR) is 73.5 cm³/mol. The van der Waals surface area contributed by atoms with Crippen molar-refractivity contribution in [1.82, 2.24) is 4.98 Å². The molecule has 1 aromatic carbocycles. The first-order valence-electron chi connectivity index (χ1n) is 6.15. The Morgan fingerprint density at radius 1 is 1.17 bits per heavy atom. The normalized spacial score (nSPS) is 10.4. The number of nitrogens with zero attached hydrogens (tertiary/aromatic N) is 1. The van der Waals surface area contributed by atoms with Crippen LogP contribution in [0.1, 0.15) is 18.2 Å². The molecule has 0 unspecified atom stereocenters. The third-order valence-electron chi connectivity index (χ3n) is 2.88. The molecule has 0 radical (unpaired) electrons. The van der Waals surface area contributed by atoms with E-state index in [1.165, 1.54) is 0 Å². The topological polar surface area (TPSA) is 48.1 Å². The number of para-hydroxylation sites is 1. The van der Waals surface area contributed by atoms with Gasteiger partial charge in [-0.2, -0.15) is 0 Å². The summed E-state index contributed by atoms with van der Waals surface area (Å²) in [5.74, 6) is 0.868. The zero-order valence-electron chi connectivity index (χ0n) is 10.8. The minimum Gasteiger partial charge on any atom is -0.493 e. The Labute approximate surface area is 108 Å². The molecule has 0 aliphatic carbocycles. The summed E-state index contributed by atoms with van der Waals surface area (Å²) in [6.45, 7) is 5.13. The van der Waals surface area contributed by atoms with Gasteiger partial charge in [-0.1, -0.05) is 18.2 Å². The van der Waals surface area contributed by atoms with Gasteiger partial charge in [-0.05, 0) is 37.6 Å².